The van der Waals surface area contributed by atoms with Crippen LogP contribution in [0.15, 0.2) is 18.2 Å². The Morgan fingerprint density at radius 3 is 2.60 bits per heavy atom. The van der Waals surface area contributed by atoms with Crippen LogP contribution >= 0.6 is 0 Å². The maximum atomic E-state index is 10.9. The van der Waals surface area contributed by atoms with Gasteiger partial charge in [-0.25, -0.2) is 0 Å². The molecule has 1 rings (SSSR count). The fourth-order valence-corrected chi connectivity index (χ4v) is 2.12. The van der Waals surface area contributed by atoms with Crippen LogP contribution in [-0.2, 0) is 0 Å². The van der Waals surface area contributed by atoms with E-state index in [2.05, 4.69) is 5.32 Å². The van der Waals surface area contributed by atoms with Gasteiger partial charge in [0, 0.05) is 12.6 Å². The third-order valence-electron chi connectivity index (χ3n) is 3.42. The van der Waals surface area contributed by atoms with Crippen molar-refractivity contribution >= 4 is 11.4 Å². The smallest absolute Gasteiger partial charge is 0.292 e. The van der Waals surface area contributed by atoms with Gasteiger partial charge in [-0.3, -0.25) is 10.1 Å². The second kappa shape index (κ2) is 7.46. The van der Waals surface area contributed by atoms with Gasteiger partial charge in [0.25, 0.3) is 5.69 Å². The predicted octanol–water partition coefficient (Wildman–Crippen LogP) is 2.68. The van der Waals surface area contributed by atoms with Crippen LogP contribution in [0, 0.1) is 27.4 Å². The summed E-state index contributed by atoms with van der Waals surface area (Å²) in [7, 11) is 0. The molecule has 6 nitrogen and oxygen atoms in total. The Balaban J connectivity index is 2.85. The molecule has 6 heteroatoms. The van der Waals surface area contributed by atoms with Gasteiger partial charge >= 0.3 is 0 Å². The molecule has 0 aliphatic heterocycles. The molecule has 0 aliphatic rings. The van der Waals surface area contributed by atoms with Crippen molar-refractivity contribution in [3.8, 4) is 6.07 Å². The zero-order valence-electron chi connectivity index (χ0n) is 11.7. The number of nitro benzene ring substituents is 1. The van der Waals surface area contributed by atoms with Crippen LogP contribution in [0.25, 0.3) is 0 Å². The van der Waals surface area contributed by atoms with Crippen LogP contribution in [0.5, 0.6) is 0 Å². The Bertz CT molecular complexity index is 507. The Morgan fingerprint density at radius 2 is 2.10 bits per heavy atom. The molecule has 0 fully saturated rings. The molecule has 20 heavy (non-hydrogen) atoms. The molecular weight excluding hydrogens is 258 g/mol. The van der Waals surface area contributed by atoms with Gasteiger partial charge in [-0.05, 0) is 18.1 Å². The summed E-state index contributed by atoms with van der Waals surface area (Å²) in [6, 6.07) is 6.07. The molecule has 0 saturated carbocycles. The molecule has 0 spiro atoms. The number of benzene rings is 1. The fraction of sp³-hybridized carbons (Fsp3) is 0.500. The third kappa shape index (κ3) is 3.93. The maximum Gasteiger partial charge on any atom is 0.292 e. The van der Waals surface area contributed by atoms with E-state index >= 15 is 0 Å². The quantitative estimate of drug-likeness (QED) is 0.589. The monoisotopic (exact) mass is 277 g/mol. The number of hydrogen-bond donors (Lipinski definition) is 2. The first-order valence-electron chi connectivity index (χ1n) is 6.63. The van der Waals surface area contributed by atoms with Crippen molar-refractivity contribution in [1.82, 2.24) is 0 Å². The lowest BCUT2D eigenvalue weighted by atomic mass is 9.96. The molecule has 0 heterocycles. The van der Waals surface area contributed by atoms with Crippen molar-refractivity contribution in [2.24, 2.45) is 5.92 Å². The lowest BCUT2D eigenvalue weighted by Crippen LogP contribution is -2.27. The van der Waals surface area contributed by atoms with Crippen molar-refractivity contribution in [3.63, 3.8) is 0 Å². The standard InChI is InChI=1S/C14H19N3O3/c1-3-11(4-2)14(18)9-16-12-7-10(8-15)5-6-13(12)17(19)20/h5-7,11,14,16,18H,3-4,9H2,1-2H3. The van der Waals surface area contributed by atoms with E-state index in [-0.39, 0.29) is 23.8 Å². The van der Waals surface area contributed by atoms with Crippen molar-refractivity contribution in [1.29, 1.82) is 5.26 Å². The molecule has 0 amide bonds. The van der Waals surface area contributed by atoms with E-state index in [9.17, 15) is 15.2 Å². The molecule has 0 radical (unpaired) electrons. The zero-order chi connectivity index (χ0) is 15.1. The molecule has 1 aromatic rings. The molecule has 1 aromatic carbocycles. The van der Waals surface area contributed by atoms with Gasteiger partial charge in [0.2, 0.25) is 0 Å². The van der Waals surface area contributed by atoms with Gasteiger partial charge in [0.15, 0.2) is 0 Å². The lowest BCUT2D eigenvalue weighted by molar-refractivity contribution is -0.384. The number of nitriles is 1. The zero-order valence-corrected chi connectivity index (χ0v) is 11.7. The number of hydrogen-bond acceptors (Lipinski definition) is 5. The number of aliphatic hydroxyl groups is 1. The first kappa shape index (κ1) is 15.9. The van der Waals surface area contributed by atoms with E-state index in [1.807, 2.05) is 19.9 Å². The van der Waals surface area contributed by atoms with E-state index in [0.29, 0.717) is 5.56 Å². The molecule has 0 bridgehead atoms. The fourth-order valence-electron chi connectivity index (χ4n) is 2.12. The highest BCUT2D eigenvalue weighted by atomic mass is 16.6. The largest absolute Gasteiger partial charge is 0.391 e. The lowest BCUT2D eigenvalue weighted by Gasteiger charge is -2.20. The van der Waals surface area contributed by atoms with Crippen LogP contribution < -0.4 is 5.32 Å². The first-order valence-corrected chi connectivity index (χ1v) is 6.63. The second-order valence-corrected chi connectivity index (χ2v) is 4.63. The topological polar surface area (TPSA) is 99.2 Å². The highest BCUT2D eigenvalue weighted by Crippen LogP contribution is 2.25. The normalized spacial score (nSPS) is 11.9. The maximum absolute atomic E-state index is 10.9. The predicted molar refractivity (Wildman–Crippen MR) is 76.4 cm³/mol. The summed E-state index contributed by atoms with van der Waals surface area (Å²) in [5.74, 6) is 0.153. The summed E-state index contributed by atoms with van der Waals surface area (Å²) in [5.41, 5.74) is 0.509. The van der Waals surface area contributed by atoms with Gasteiger partial charge in [-0.15, -0.1) is 0 Å². The Hall–Kier alpha value is -2.13. The number of nitrogens with zero attached hydrogens (tertiary/aromatic N) is 2. The van der Waals surface area contributed by atoms with E-state index in [0.717, 1.165) is 12.8 Å². The van der Waals surface area contributed by atoms with Crippen molar-refractivity contribution in [2.75, 3.05) is 11.9 Å². The summed E-state index contributed by atoms with van der Waals surface area (Å²) >= 11 is 0. The van der Waals surface area contributed by atoms with Gasteiger partial charge in [-0.1, -0.05) is 26.7 Å². The van der Waals surface area contributed by atoms with Crippen molar-refractivity contribution in [2.45, 2.75) is 32.8 Å². The molecule has 108 valence electrons. The van der Waals surface area contributed by atoms with Crippen molar-refractivity contribution < 1.29 is 10.0 Å². The Labute approximate surface area is 118 Å². The minimum Gasteiger partial charge on any atom is -0.391 e. The molecule has 2 N–H and O–H groups in total. The van der Waals surface area contributed by atoms with Crippen LogP contribution in [0.4, 0.5) is 11.4 Å². The van der Waals surface area contributed by atoms with Gasteiger partial charge in [-0.2, -0.15) is 5.26 Å². The van der Waals surface area contributed by atoms with Gasteiger partial charge in [0.05, 0.1) is 22.7 Å². The molecule has 0 aromatic heterocycles. The van der Waals surface area contributed by atoms with Gasteiger partial charge < -0.3 is 10.4 Å². The molecule has 0 saturated heterocycles. The minimum atomic E-state index is -0.574. The molecule has 1 unspecified atom stereocenters. The molecule has 1 atom stereocenters. The summed E-state index contributed by atoms with van der Waals surface area (Å²) in [4.78, 5) is 10.4. The highest BCUT2D eigenvalue weighted by molar-refractivity contribution is 5.64. The van der Waals surface area contributed by atoms with Crippen LogP contribution in [0.3, 0.4) is 0 Å². The number of rotatable bonds is 7. The number of aliphatic hydroxyl groups excluding tert-OH is 1. The minimum absolute atomic E-state index is 0.0965. The second-order valence-electron chi connectivity index (χ2n) is 4.63. The SMILES string of the molecule is CCC(CC)C(O)CNc1cc(C#N)ccc1[N+](=O)[O-]. The van der Waals surface area contributed by atoms with E-state index in [1.54, 1.807) is 0 Å². The third-order valence-corrected chi connectivity index (χ3v) is 3.42. The Kier molecular flexibility index (Phi) is 5.94. The molecular formula is C14H19N3O3. The van der Waals surface area contributed by atoms with Crippen molar-refractivity contribution in [3.05, 3.63) is 33.9 Å². The summed E-state index contributed by atoms with van der Waals surface area (Å²) < 4.78 is 0. The average Bonchev–Trinajstić information content (AvgIpc) is 2.45. The summed E-state index contributed by atoms with van der Waals surface area (Å²) in [6.45, 7) is 4.22. The van der Waals surface area contributed by atoms with E-state index < -0.39 is 11.0 Å². The van der Waals surface area contributed by atoms with E-state index in [4.69, 9.17) is 5.26 Å². The summed E-state index contributed by atoms with van der Waals surface area (Å²) in [6.07, 6.45) is 1.12. The van der Waals surface area contributed by atoms with Gasteiger partial charge in [0.1, 0.15) is 5.69 Å². The van der Waals surface area contributed by atoms with E-state index in [1.165, 1.54) is 18.2 Å². The number of anilines is 1. The highest BCUT2D eigenvalue weighted by Gasteiger charge is 2.18. The first-order chi connectivity index (χ1) is 9.53. The average molecular weight is 277 g/mol. The number of nitro groups is 1. The molecule has 0 aliphatic carbocycles. The number of nitrogens with one attached hydrogen (secondary N) is 1. The van der Waals surface area contributed by atoms with Crippen LogP contribution in [-0.4, -0.2) is 22.7 Å². The van der Waals surface area contributed by atoms with Crippen LogP contribution in [0.2, 0.25) is 0 Å². The summed E-state index contributed by atoms with van der Waals surface area (Å²) in [5, 5.41) is 32.7. The van der Waals surface area contributed by atoms with Crippen LogP contribution in [0.1, 0.15) is 32.3 Å². The Morgan fingerprint density at radius 1 is 1.45 bits per heavy atom.